The van der Waals surface area contributed by atoms with Gasteiger partial charge in [0.15, 0.2) is 0 Å². The molecule has 136 valence electrons. The maximum absolute atomic E-state index is 12.6. The van der Waals surface area contributed by atoms with Gasteiger partial charge in [-0.3, -0.25) is 9.59 Å². The molecule has 2 atom stereocenters. The third-order valence-corrected chi connectivity index (χ3v) is 5.27. The normalized spacial score (nSPS) is 27.0. The summed E-state index contributed by atoms with van der Waals surface area (Å²) in [6.45, 7) is 4.36. The molecule has 3 rings (SSSR count). The number of benzene rings is 1. The van der Waals surface area contributed by atoms with E-state index in [1.54, 1.807) is 29.2 Å². The van der Waals surface area contributed by atoms with E-state index in [1.165, 1.54) is 0 Å². The molecular formula is C19H27N3O3. The zero-order valence-corrected chi connectivity index (χ0v) is 14.8. The topological polar surface area (TPSA) is 84.7 Å². The van der Waals surface area contributed by atoms with Crippen molar-refractivity contribution in [3.63, 3.8) is 0 Å². The average Bonchev–Trinajstić information content (AvgIpc) is 2.62. The Bertz CT molecular complexity index is 621. The molecule has 3 N–H and O–H groups in total. The Labute approximate surface area is 148 Å². The number of nitrogens with one attached hydrogen (secondary N) is 1. The zero-order valence-electron chi connectivity index (χ0n) is 14.8. The number of hydrogen-bond donors (Lipinski definition) is 2. The minimum atomic E-state index is -0.450. The number of anilines is 1. The van der Waals surface area contributed by atoms with E-state index < -0.39 is 5.54 Å². The second-order valence-corrected chi connectivity index (χ2v) is 7.28. The third kappa shape index (κ3) is 4.19. The molecule has 25 heavy (non-hydrogen) atoms. The van der Waals surface area contributed by atoms with Gasteiger partial charge in [0.2, 0.25) is 5.91 Å². The summed E-state index contributed by atoms with van der Waals surface area (Å²) in [5.41, 5.74) is 7.18. The van der Waals surface area contributed by atoms with Crippen LogP contribution in [0.1, 0.15) is 43.0 Å². The van der Waals surface area contributed by atoms with Gasteiger partial charge in [-0.15, -0.1) is 0 Å². The highest BCUT2D eigenvalue weighted by Gasteiger charge is 2.37. The lowest BCUT2D eigenvalue weighted by Gasteiger charge is -2.37. The van der Waals surface area contributed by atoms with Gasteiger partial charge in [0.1, 0.15) is 0 Å². The predicted molar refractivity (Wildman–Crippen MR) is 96.3 cm³/mol. The van der Waals surface area contributed by atoms with Crippen LogP contribution in [0.4, 0.5) is 5.69 Å². The summed E-state index contributed by atoms with van der Waals surface area (Å²) in [6, 6.07) is 7.08. The number of carbonyl (C=O) groups excluding carboxylic acids is 2. The summed E-state index contributed by atoms with van der Waals surface area (Å²) in [4.78, 5) is 26.8. The van der Waals surface area contributed by atoms with Crippen LogP contribution >= 0.6 is 0 Å². The maximum atomic E-state index is 12.6. The van der Waals surface area contributed by atoms with Crippen molar-refractivity contribution in [2.75, 3.05) is 31.6 Å². The molecule has 2 amide bonds. The van der Waals surface area contributed by atoms with Gasteiger partial charge in [-0.2, -0.15) is 0 Å². The number of nitrogens with two attached hydrogens (primary N) is 1. The first-order valence-electron chi connectivity index (χ1n) is 9.04. The highest BCUT2D eigenvalue weighted by molar-refractivity contribution is 5.96. The molecule has 2 unspecified atom stereocenters. The van der Waals surface area contributed by atoms with Crippen LogP contribution < -0.4 is 11.1 Å². The highest BCUT2D eigenvalue weighted by atomic mass is 16.5. The van der Waals surface area contributed by atoms with Crippen LogP contribution in [0.15, 0.2) is 24.3 Å². The molecule has 1 aromatic rings. The van der Waals surface area contributed by atoms with Crippen molar-refractivity contribution in [3.05, 3.63) is 29.8 Å². The van der Waals surface area contributed by atoms with Gasteiger partial charge < -0.3 is 20.7 Å². The molecule has 2 fully saturated rings. The van der Waals surface area contributed by atoms with E-state index in [4.69, 9.17) is 10.5 Å². The fraction of sp³-hybridized carbons (Fsp3) is 0.579. The molecule has 1 aliphatic carbocycles. The minimum absolute atomic E-state index is 0.00277. The molecule has 0 radical (unpaired) electrons. The number of hydrogen-bond acceptors (Lipinski definition) is 4. The van der Waals surface area contributed by atoms with Crippen molar-refractivity contribution < 1.29 is 14.3 Å². The van der Waals surface area contributed by atoms with Crippen molar-refractivity contribution in [3.8, 4) is 0 Å². The van der Waals surface area contributed by atoms with Crippen LogP contribution in [-0.4, -0.2) is 48.6 Å². The smallest absolute Gasteiger partial charge is 0.254 e. The van der Waals surface area contributed by atoms with Crippen molar-refractivity contribution >= 4 is 17.5 Å². The van der Waals surface area contributed by atoms with Crippen molar-refractivity contribution in [2.45, 2.75) is 38.1 Å². The van der Waals surface area contributed by atoms with Gasteiger partial charge in [0, 0.05) is 29.9 Å². The van der Waals surface area contributed by atoms with Crippen molar-refractivity contribution in [1.82, 2.24) is 4.90 Å². The van der Waals surface area contributed by atoms with Crippen LogP contribution in [0.2, 0.25) is 0 Å². The Morgan fingerprint density at radius 1 is 1.20 bits per heavy atom. The first-order chi connectivity index (χ1) is 12.0. The molecule has 6 heteroatoms. The predicted octanol–water partition coefficient (Wildman–Crippen LogP) is 2.01. The van der Waals surface area contributed by atoms with E-state index in [1.807, 2.05) is 6.92 Å². The van der Waals surface area contributed by atoms with E-state index in [0.717, 1.165) is 25.7 Å². The van der Waals surface area contributed by atoms with E-state index in [-0.39, 0.29) is 17.7 Å². The van der Waals surface area contributed by atoms with Crippen LogP contribution in [0, 0.1) is 5.92 Å². The lowest BCUT2D eigenvalue weighted by Crippen LogP contribution is -2.51. The summed E-state index contributed by atoms with van der Waals surface area (Å²) in [7, 11) is 0. The first kappa shape index (κ1) is 17.9. The lowest BCUT2D eigenvalue weighted by molar-refractivity contribution is -0.122. The molecule has 1 heterocycles. The fourth-order valence-corrected chi connectivity index (χ4v) is 3.66. The Balaban J connectivity index is 1.62. The van der Waals surface area contributed by atoms with E-state index in [0.29, 0.717) is 37.6 Å². The summed E-state index contributed by atoms with van der Waals surface area (Å²) >= 11 is 0. The standard InChI is InChI=1S/C19H27N3O3/c1-19(20)9-3-2-4-16(19)17(23)21-15-7-5-14(6-8-15)18(24)22-10-12-25-13-11-22/h5-8,16H,2-4,9-13,20H2,1H3,(H,21,23). The third-order valence-electron chi connectivity index (χ3n) is 5.27. The quantitative estimate of drug-likeness (QED) is 0.877. The monoisotopic (exact) mass is 345 g/mol. The summed E-state index contributed by atoms with van der Waals surface area (Å²) in [5, 5.41) is 2.95. The Morgan fingerprint density at radius 3 is 2.52 bits per heavy atom. The molecular weight excluding hydrogens is 318 g/mol. The summed E-state index contributed by atoms with van der Waals surface area (Å²) in [5.74, 6) is -0.198. The molecule has 1 saturated heterocycles. The van der Waals surface area contributed by atoms with Gasteiger partial charge in [0.25, 0.3) is 5.91 Å². The summed E-state index contributed by atoms with van der Waals surface area (Å²) < 4.78 is 5.27. The molecule has 1 aromatic carbocycles. The van der Waals surface area contributed by atoms with Crippen LogP contribution in [0.3, 0.4) is 0 Å². The van der Waals surface area contributed by atoms with Crippen molar-refractivity contribution in [1.29, 1.82) is 0 Å². The molecule has 2 aliphatic rings. The van der Waals surface area contributed by atoms with Crippen molar-refractivity contribution in [2.24, 2.45) is 11.7 Å². The molecule has 0 aromatic heterocycles. The minimum Gasteiger partial charge on any atom is -0.378 e. The largest absolute Gasteiger partial charge is 0.378 e. The second-order valence-electron chi connectivity index (χ2n) is 7.28. The van der Waals surface area contributed by atoms with E-state index in [9.17, 15) is 9.59 Å². The van der Waals surface area contributed by atoms with Crippen LogP contribution in [0.5, 0.6) is 0 Å². The van der Waals surface area contributed by atoms with Gasteiger partial charge in [0.05, 0.1) is 19.1 Å². The van der Waals surface area contributed by atoms with Gasteiger partial charge in [-0.25, -0.2) is 0 Å². The fourth-order valence-electron chi connectivity index (χ4n) is 3.66. The van der Waals surface area contributed by atoms with E-state index >= 15 is 0 Å². The van der Waals surface area contributed by atoms with Gasteiger partial charge >= 0.3 is 0 Å². The zero-order chi connectivity index (χ0) is 17.9. The highest BCUT2D eigenvalue weighted by Crippen LogP contribution is 2.32. The first-order valence-corrected chi connectivity index (χ1v) is 9.04. The second kappa shape index (κ2) is 7.54. The number of morpholine rings is 1. The molecule has 1 aliphatic heterocycles. The van der Waals surface area contributed by atoms with Crippen LogP contribution in [-0.2, 0) is 9.53 Å². The molecule has 0 spiro atoms. The molecule has 6 nitrogen and oxygen atoms in total. The lowest BCUT2D eigenvalue weighted by atomic mass is 9.74. The number of amides is 2. The number of nitrogens with zero attached hydrogens (tertiary/aromatic N) is 1. The van der Waals surface area contributed by atoms with Gasteiger partial charge in [-0.1, -0.05) is 12.8 Å². The number of ether oxygens (including phenoxy) is 1. The Hall–Kier alpha value is -1.92. The van der Waals surface area contributed by atoms with Crippen LogP contribution in [0.25, 0.3) is 0 Å². The number of rotatable bonds is 3. The number of carbonyl (C=O) groups is 2. The van der Waals surface area contributed by atoms with Gasteiger partial charge in [-0.05, 0) is 44.0 Å². The Kier molecular flexibility index (Phi) is 5.39. The maximum Gasteiger partial charge on any atom is 0.254 e. The summed E-state index contributed by atoms with van der Waals surface area (Å²) in [6.07, 6.45) is 3.82. The average molecular weight is 345 g/mol. The van der Waals surface area contributed by atoms with E-state index in [2.05, 4.69) is 5.32 Å². The Morgan fingerprint density at radius 2 is 1.88 bits per heavy atom. The molecule has 1 saturated carbocycles. The SMILES string of the molecule is CC1(N)CCCCC1C(=O)Nc1ccc(C(=O)N2CCOCC2)cc1. The molecule has 0 bridgehead atoms.